The van der Waals surface area contributed by atoms with Crippen LogP contribution in [0.25, 0.3) is 0 Å². The van der Waals surface area contributed by atoms with Gasteiger partial charge in [0, 0.05) is 13.1 Å². The summed E-state index contributed by atoms with van der Waals surface area (Å²) in [6.45, 7) is 16.6. The smallest absolute Gasteiger partial charge is 0.0830 e. The Hall–Kier alpha value is -0.120. The summed E-state index contributed by atoms with van der Waals surface area (Å²) in [6.07, 6.45) is 4.88. The molecule has 0 amide bonds. The quantitative estimate of drug-likeness (QED) is 0.860. The second-order valence-corrected chi connectivity index (χ2v) is 8.16. The molecule has 2 aliphatic rings. The van der Waals surface area contributed by atoms with Gasteiger partial charge in [-0.05, 0) is 65.3 Å². The topological polar surface area (TPSA) is 38.5 Å². The van der Waals surface area contributed by atoms with Gasteiger partial charge in [0.15, 0.2) is 0 Å². The van der Waals surface area contributed by atoms with Crippen molar-refractivity contribution in [2.75, 3.05) is 19.6 Å². The minimum Gasteiger partial charge on any atom is -0.368 e. The number of hydrogen-bond donors (Lipinski definition) is 1. The van der Waals surface area contributed by atoms with Crippen LogP contribution in [0, 0.1) is 5.41 Å². The lowest BCUT2D eigenvalue weighted by Crippen LogP contribution is -2.63. The first kappa shape index (κ1) is 16.3. The van der Waals surface area contributed by atoms with Crippen molar-refractivity contribution in [3.8, 4) is 0 Å². The lowest BCUT2D eigenvalue weighted by Gasteiger charge is -2.47. The summed E-state index contributed by atoms with van der Waals surface area (Å²) in [6, 6.07) is 0. The van der Waals surface area contributed by atoms with E-state index in [1.165, 1.54) is 32.4 Å². The Labute approximate surface area is 125 Å². The van der Waals surface area contributed by atoms with Crippen molar-refractivity contribution in [2.24, 2.45) is 11.1 Å². The first-order valence-electron chi connectivity index (χ1n) is 8.31. The zero-order chi connectivity index (χ0) is 15.2. The van der Waals surface area contributed by atoms with E-state index >= 15 is 0 Å². The molecule has 0 aromatic heterocycles. The fourth-order valence-electron chi connectivity index (χ4n) is 4.81. The van der Waals surface area contributed by atoms with Crippen LogP contribution in [-0.2, 0) is 4.74 Å². The number of hydrogen-bond acceptors (Lipinski definition) is 3. The van der Waals surface area contributed by atoms with E-state index in [2.05, 4.69) is 46.4 Å². The number of nitrogens with two attached hydrogens (primary N) is 1. The normalized spacial score (nSPS) is 35.5. The predicted molar refractivity (Wildman–Crippen MR) is 84.9 cm³/mol. The summed E-state index contributed by atoms with van der Waals surface area (Å²) in [4.78, 5) is 2.66. The van der Waals surface area contributed by atoms with Gasteiger partial charge >= 0.3 is 0 Å². The summed E-state index contributed by atoms with van der Waals surface area (Å²) < 4.78 is 6.37. The van der Waals surface area contributed by atoms with E-state index in [0.717, 1.165) is 6.42 Å². The zero-order valence-corrected chi connectivity index (χ0v) is 14.4. The molecule has 1 unspecified atom stereocenters. The number of nitrogens with zero attached hydrogens (tertiary/aromatic N) is 1. The SMILES string of the molecule is CCC1(CC)CCN(C2(CN)CC(C)(C)OC2(C)C)C1. The Kier molecular flexibility index (Phi) is 4.03. The third kappa shape index (κ3) is 2.32. The van der Waals surface area contributed by atoms with Gasteiger partial charge in [0.2, 0.25) is 0 Å². The molecule has 0 aliphatic carbocycles. The fraction of sp³-hybridized carbons (Fsp3) is 1.00. The van der Waals surface area contributed by atoms with Crippen molar-refractivity contribution in [3.05, 3.63) is 0 Å². The minimum atomic E-state index is -0.178. The first-order valence-corrected chi connectivity index (χ1v) is 8.31. The highest BCUT2D eigenvalue weighted by molar-refractivity contribution is 5.15. The Bertz CT molecular complexity index is 360. The van der Waals surface area contributed by atoms with Crippen LogP contribution in [0.5, 0.6) is 0 Å². The Morgan fingerprint density at radius 2 is 1.70 bits per heavy atom. The van der Waals surface area contributed by atoms with Crippen molar-refractivity contribution in [1.29, 1.82) is 0 Å². The van der Waals surface area contributed by atoms with Crippen molar-refractivity contribution in [3.63, 3.8) is 0 Å². The third-order valence-corrected chi connectivity index (χ3v) is 6.25. The molecule has 0 aromatic carbocycles. The maximum absolute atomic E-state index is 6.37. The van der Waals surface area contributed by atoms with Crippen LogP contribution >= 0.6 is 0 Å². The maximum Gasteiger partial charge on any atom is 0.0830 e. The van der Waals surface area contributed by atoms with Gasteiger partial charge < -0.3 is 10.5 Å². The van der Waals surface area contributed by atoms with Crippen LogP contribution in [0.15, 0.2) is 0 Å². The molecule has 2 N–H and O–H groups in total. The molecule has 1 atom stereocenters. The molecule has 3 heteroatoms. The van der Waals surface area contributed by atoms with E-state index in [1.54, 1.807) is 0 Å². The van der Waals surface area contributed by atoms with E-state index in [1.807, 2.05) is 0 Å². The summed E-state index contributed by atoms with van der Waals surface area (Å²) in [7, 11) is 0. The highest BCUT2D eigenvalue weighted by Gasteiger charge is 2.61. The highest BCUT2D eigenvalue weighted by atomic mass is 16.5. The molecule has 0 radical (unpaired) electrons. The molecule has 0 bridgehead atoms. The Morgan fingerprint density at radius 3 is 2.05 bits per heavy atom. The van der Waals surface area contributed by atoms with Gasteiger partial charge in [-0.2, -0.15) is 0 Å². The summed E-state index contributed by atoms with van der Waals surface area (Å²) >= 11 is 0. The molecular weight excluding hydrogens is 248 g/mol. The van der Waals surface area contributed by atoms with Crippen LogP contribution < -0.4 is 5.73 Å². The first-order chi connectivity index (χ1) is 9.16. The van der Waals surface area contributed by atoms with Crippen LogP contribution in [-0.4, -0.2) is 41.3 Å². The monoisotopic (exact) mass is 282 g/mol. The van der Waals surface area contributed by atoms with Gasteiger partial charge in [-0.25, -0.2) is 0 Å². The molecule has 118 valence electrons. The molecule has 0 spiro atoms. The van der Waals surface area contributed by atoms with Gasteiger partial charge in [0.05, 0.1) is 16.7 Å². The van der Waals surface area contributed by atoms with Crippen molar-refractivity contribution >= 4 is 0 Å². The van der Waals surface area contributed by atoms with E-state index in [-0.39, 0.29) is 16.7 Å². The molecule has 2 saturated heterocycles. The van der Waals surface area contributed by atoms with Gasteiger partial charge in [0.25, 0.3) is 0 Å². The highest BCUT2D eigenvalue weighted by Crippen LogP contribution is 2.51. The largest absolute Gasteiger partial charge is 0.368 e. The summed E-state index contributed by atoms with van der Waals surface area (Å²) in [5, 5.41) is 0. The molecule has 2 heterocycles. The van der Waals surface area contributed by atoms with Crippen molar-refractivity contribution in [1.82, 2.24) is 4.90 Å². The van der Waals surface area contributed by atoms with Crippen molar-refractivity contribution < 1.29 is 4.74 Å². The standard InChI is InChI=1S/C17H34N2O/c1-7-16(8-2)9-10-19(13-16)17(12-18)11-14(3,4)20-15(17,5)6/h7-13,18H2,1-6H3. The molecule has 2 fully saturated rings. The average molecular weight is 282 g/mol. The predicted octanol–water partition coefficient (Wildman–Crippen LogP) is 3.17. The second kappa shape index (κ2) is 4.96. The lowest BCUT2D eigenvalue weighted by atomic mass is 9.76. The average Bonchev–Trinajstić information content (AvgIpc) is 2.86. The van der Waals surface area contributed by atoms with Crippen molar-refractivity contribution in [2.45, 2.75) is 84.0 Å². The Balaban J connectivity index is 2.30. The van der Waals surface area contributed by atoms with E-state index < -0.39 is 0 Å². The number of ether oxygens (including phenoxy) is 1. The van der Waals surface area contributed by atoms with Crippen LogP contribution in [0.3, 0.4) is 0 Å². The van der Waals surface area contributed by atoms with Crippen LogP contribution in [0.2, 0.25) is 0 Å². The second-order valence-electron chi connectivity index (χ2n) is 8.16. The number of rotatable bonds is 4. The summed E-state index contributed by atoms with van der Waals surface area (Å²) in [5.74, 6) is 0. The third-order valence-electron chi connectivity index (χ3n) is 6.25. The number of likely N-dealkylation sites (tertiary alicyclic amines) is 1. The van der Waals surface area contributed by atoms with Crippen LogP contribution in [0.1, 0.15) is 67.2 Å². The van der Waals surface area contributed by atoms with E-state index in [4.69, 9.17) is 10.5 Å². The Morgan fingerprint density at radius 1 is 1.10 bits per heavy atom. The van der Waals surface area contributed by atoms with Gasteiger partial charge in [-0.15, -0.1) is 0 Å². The van der Waals surface area contributed by atoms with E-state index in [0.29, 0.717) is 12.0 Å². The molecular formula is C17H34N2O. The lowest BCUT2D eigenvalue weighted by molar-refractivity contribution is -0.102. The maximum atomic E-state index is 6.37. The van der Waals surface area contributed by atoms with Gasteiger partial charge in [-0.3, -0.25) is 4.90 Å². The minimum absolute atomic E-state index is 0.0113. The molecule has 3 nitrogen and oxygen atoms in total. The molecule has 0 aromatic rings. The molecule has 2 aliphatic heterocycles. The molecule has 0 saturated carbocycles. The molecule has 20 heavy (non-hydrogen) atoms. The zero-order valence-electron chi connectivity index (χ0n) is 14.4. The molecule has 2 rings (SSSR count). The van der Waals surface area contributed by atoms with Crippen LogP contribution in [0.4, 0.5) is 0 Å². The van der Waals surface area contributed by atoms with Gasteiger partial charge in [-0.1, -0.05) is 13.8 Å². The summed E-state index contributed by atoms with van der Waals surface area (Å²) in [5.41, 5.74) is 6.52. The fourth-order valence-corrected chi connectivity index (χ4v) is 4.81. The van der Waals surface area contributed by atoms with E-state index in [9.17, 15) is 0 Å². The van der Waals surface area contributed by atoms with Gasteiger partial charge in [0.1, 0.15) is 0 Å².